The lowest BCUT2D eigenvalue weighted by molar-refractivity contribution is 0.526. The Hall–Kier alpha value is 0.900. The Balaban J connectivity index is 1.67. The van der Waals surface area contributed by atoms with E-state index in [4.69, 9.17) is 46.4 Å². The van der Waals surface area contributed by atoms with Crippen molar-refractivity contribution in [2.75, 3.05) is 0 Å². The molecule has 0 bridgehead atoms. The highest BCUT2D eigenvalue weighted by Gasteiger charge is 2.65. The first-order valence-electron chi connectivity index (χ1n) is 6.86. The van der Waals surface area contributed by atoms with Gasteiger partial charge in [0.05, 0.1) is 0 Å². The topological polar surface area (TPSA) is 0 Å². The summed E-state index contributed by atoms with van der Waals surface area (Å²) in [5, 5.41) is 0. The van der Waals surface area contributed by atoms with Crippen LogP contribution in [0.3, 0.4) is 0 Å². The maximum absolute atomic E-state index is 6.35. The molecule has 0 spiro atoms. The maximum atomic E-state index is 6.35. The predicted octanol–water partition coefficient (Wildman–Crippen LogP) is 5.74. The Morgan fingerprint density at radius 1 is 0.611 bits per heavy atom. The fourth-order valence-electron chi connectivity index (χ4n) is 3.64. The van der Waals surface area contributed by atoms with Gasteiger partial charge in [-0.2, -0.15) is 0 Å². The second-order valence-corrected chi connectivity index (χ2v) is 8.87. The SMILES string of the molecule is ClC1(Cl)C2CC/C=C/CCC3C(CCC21)C3(Cl)Cl. The zero-order chi connectivity index (χ0) is 13.0. The predicted molar refractivity (Wildman–Crippen MR) is 79.7 cm³/mol. The van der Waals surface area contributed by atoms with Crippen molar-refractivity contribution in [3.63, 3.8) is 0 Å². The first-order chi connectivity index (χ1) is 8.45. The summed E-state index contributed by atoms with van der Waals surface area (Å²) in [5.41, 5.74) is 0. The molecular weight excluding hydrogens is 310 g/mol. The molecule has 0 aliphatic heterocycles. The molecule has 18 heavy (non-hydrogen) atoms. The highest BCUT2D eigenvalue weighted by atomic mass is 35.5. The van der Waals surface area contributed by atoms with Gasteiger partial charge in [0.15, 0.2) is 0 Å². The number of rotatable bonds is 0. The monoisotopic (exact) mass is 326 g/mol. The summed E-state index contributed by atoms with van der Waals surface area (Å²) in [5.74, 6) is 1.81. The van der Waals surface area contributed by atoms with Crippen LogP contribution >= 0.6 is 46.4 Å². The molecule has 0 aromatic carbocycles. The van der Waals surface area contributed by atoms with E-state index < -0.39 is 8.67 Å². The van der Waals surface area contributed by atoms with Gasteiger partial charge >= 0.3 is 0 Å². The number of hydrogen-bond acceptors (Lipinski definition) is 0. The summed E-state index contributed by atoms with van der Waals surface area (Å²) < 4.78 is -0.985. The maximum Gasteiger partial charge on any atom is 0.124 e. The number of alkyl halides is 4. The Morgan fingerprint density at radius 3 is 1.33 bits per heavy atom. The van der Waals surface area contributed by atoms with Crippen molar-refractivity contribution in [3.8, 4) is 0 Å². The third-order valence-electron chi connectivity index (χ3n) is 4.97. The molecule has 2 fully saturated rings. The molecule has 4 unspecified atom stereocenters. The Bertz CT molecular complexity index is 327. The van der Waals surface area contributed by atoms with Gasteiger partial charge in [-0.15, -0.1) is 46.4 Å². The van der Waals surface area contributed by atoms with Crippen LogP contribution < -0.4 is 0 Å². The minimum Gasteiger partial charge on any atom is -0.101 e. The average Bonchev–Trinajstić information content (AvgIpc) is 2.98. The van der Waals surface area contributed by atoms with Gasteiger partial charge in [-0.3, -0.25) is 0 Å². The fraction of sp³-hybridized carbons (Fsp3) is 0.857. The summed E-state index contributed by atoms with van der Waals surface area (Å²) in [6.45, 7) is 0. The summed E-state index contributed by atoms with van der Waals surface area (Å²) in [7, 11) is 0. The van der Waals surface area contributed by atoms with Crippen molar-refractivity contribution < 1.29 is 0 Å². The molecule has 0 heterocycles. The van der Waals surface area contributed by atoms with Crippen LogP contribution in [-0.4, -0.2) is 8.67 Å². The molecule has 4 heteroatoms. The van der Waals surface area contributed by atoms with Gasteiger partial charge < -0.3 is 0 Å². The van der Waals surface area contributed by atoms with Gasteiger partial charge in [0, 0.05) is 0 Å². The quantitative estimate of drug-likeness (QED) is 0.393. The van der Waals surface area contributed by atoms with Crippen molar-refractivity contribution in [2.24, 2.45) is 23.7 Å². The normalized spacial score (nSPS) is 46.9. The highest BCUT2D eigenvalue weighted by molar-refractivity contribution is 6.51. The van der Waals surface area contributed by atoms with Crippen molar-refractivity contribution in [2.45, 2.75) is 47.2 Å². The van der Waals surface area contributed by atoms with Gasteiger partial charge in [-0.25, -0.2) is 0 Å². The second kappa shape index (κ2) is 4.72. The number of halogens is 4. The van der Waals surface area contributed by atoms with E-state index in [0.29, 0.717) is 23.7 Å². The molecule has 0 aromatic rings. The molecule has 0 nitrogen and oxygen atoms in total. The second-order valence-electron chi connectivity index (χ2n) is 5.98. The van der Waals surface area contributed by atoms with E-state index in [2.05, 4.69) is 12.2 Å². The molecule has 2 saturated carbocycles. The summed E-state index contributed by atoms with van der Waals surface area (Å²) in [4.78, 5) is 0. The smallest absolute Gasteiger partial charge is 0.101 e. The number of allylic oxidation sites excluding steroid dienone is 2. The lowest BCUT2D eigenvalue weighted by Gasteiger charge is -2.00. The standard InChI is InChI=1S/C14H18Cl4/c15-13(16)9-5-3-1-2-4-6-10-12(14(10,17)18)8-7-11(9)13/h1-2,9-12H,3-8H2/b2-1+. The van der Waals surface area contributed by atoms with Gasteiger partial charge in [0.25, 0.3) is 0 Å². The molecule has 0 amide bonds. The average molecular weight is 328 g/mol. The molecule has 0 radical (unpaired) electrons. The van der Waals surface area contributed by atoms with Crippen LogP contribution in [0.4, 0.5) is 0 Å². The van der Waals surface area contributed by atoms with Gasteiger partial charge in [-0.1, -0.05) is 12.2 Å². The lowest BCUT2D eigenvalue weighted by atomic mass is 10.0. The molecule has 3 rings (SSSR count). The zero-order valence-electron chi connectivity index (χ0n) is 10.2. The number of hydrogen-bond donors (Lipinski definition) is 0. The molecule has 3 aliphatic rings. The van der Waals surface area contributed by atoms with Crippen molar-refractivity contribution in [1.82, 2.24) is 0 Å². The summed E-state index contributed by atoms with van der Waals surface area (Å²) >= 11 is 25.4. The van der Waals surface area contributed by atoms with Gasteiger partial charge in [-0.05, 0) is 62.2 Å². The Morgan fingerprint density at radius 2 is 0.944 bits per heavy atom. The molecule has 0 saturated heterocycles. The third kappa shape index (κ3) is 2.32. The van der Waals surface area contributed by atoms with E-state index in [1.807, 2.05) is 0 Å². The van der Waals surface area contributed by atoms with E-state index >= 15 is 0 Å². The minimum atomic E-state index is -0.492. The van der Waals surface area contributed by atoms with E-state index in [1.165, 1.54) is 0 Å². The van der Waals surface area contributed by atoms with Crippen LogP contribution in [0.25, 0.3) is 0 Å². The van der Waals surface area contributed by atoms with E-state index in [-0.39, 0.29) is 0 Å². The third-order valence-corrected chi connectivity index (χ3v) is 7.22. The molecular formula is C14H18Cl4. The first kappa shape index (κ1) is 13.9. The summed E-state index contributed by atoms with van der Waals surface area (Å²) in [6.07, 6.45) is 11.0. The molecule has 0 N–H and O–H groups in total. The highest BCUT2D eigenvalue weighted by Crippen LogP contribution is 2.67. The van der Waals surface area contributed by atoms with E-state index in [0.717, 1.165) is 38.5 Å². The van der Waals surface area contributed by atoms with Crippen LogP contribution in [0.15, 0.2) is 12.2 Å². The van der Waals surface area contributed by atoms with Crippen molar-refractivity contribution in [3.05, 3.63) is 12.2 Å². The van der Waals surface area contributed by atoms with Crippen molar-refractivity contribution >= 4 is 46.4 Å². The van der Waals surface area contributed by atoms with Crippen LogP contribution in [0, 0.1) is 23.7 Å². The Kier molecular flexibility index (Phi) is 3.64. The molecule has 102 valence electrons. The Labute approximate surface area is 129 Å². The van der Waals surface area contributed by atoms with E-state index in [9.17, 15) is 0 Å². The fourth-order valence-corrected chi connectivity index (χ4v) is 5.48. The minimum absolute atomic E-state index is 0.444. The van der Waals surface area contributed by atoms with Crippen LogP contribution in [0.5, 0.6) is 0 Å². The van der Waals surface area contributed by atoms with Gasteiger partial charge in [0.1, 0.15) is 8.67 Å². The van der Waals surface area contributed by atoms with Crippen molar-refractivity contribution in [1.29, 1.82) is 0 Å². The van der Waals surface area contributed by atoms with Crippen LogP contribution in [0.1, 0.15) is 38.5 Å². The summed E-state index contributed by atoms with van der Waals surface area (Å²) in [6, 6.07) is 0. The van der Waals surface area contributed by atoms with Crippen LogP contribution in [-0.2, 0) is 0 Å². The molecule has 0 aromatic heterocycles. The largest absolute Gasteiger partial charge is 0.124 e. The zero-order valence-corrected chi connectivity index (χ0v) is 13.2. The molecule has 3 aliphatic carbocycles. The first-order valence-corrected chi connectivity index (χ1v) is 8.37. The van der Waals surface area contributed by atoms with E-state index in [1.54, 1.807) is 0 Å². The van der Waals surface area contributed by atoms with Gasteiger partial charge in [0.2, 0.25) is 0 Å². The molecule has 4 atom stereocenters. The number of fused-ring (bicyclic) bond motifs is 2. The lowest BCUT2D eigenvalue weighted by Crippen LogP contribution is -1.94. The van der Waals surface area contributed by atoms with Crippen LogP contribution in [0.2, 0.25) is 0 Å².